The average molecular weight is 432 g/mol. The highest BCUT2D eigenvalue weighted by Crippen LogP contribution is 2.38. The zero-order valence-electron chi connectivity index (χ0n) is 16.2. The molecular weight excluding hydrogens is 416 g/mol. The Labute approximate surface area is 174 Å². The number of halogens is 4. The number of pyridine rings is 1. The van der Waals surface area contributed by atoms with E-state index in [4.69, 9.17) is 9.47 Å². The van der Waals surface area contributed by atoms with Gasteiger partial charge in [0.25, 0.3) is 0 Å². The SMILES string of the molecule is COC(=O)c1cccc2c1CCN2c1cc(Oc2cc(F)cc(C(F)(F)F)c2)ccn1. The summed E-state index contributed by atoms with van der Waals surface area (Å²) in [6.07, 6.45) is -2.66. The van der Waals surface area contributed by atoms with Crippen molar-refractivity contribution in [2.75, 3.05) is 18.6 Å². The molecule has 160 valence electrons. The van der Waals surface area contributed by atoms with Crippen LogP contribution in [0, 0.1) is 5.82 Å². The fourth-order valence-electron chi connectivity index (χ4n) is 3.51. The number of hydrogen-bond donors (Lipinski definition) is 0. The summed E-state index contributed by atoms with van der Waals surface area (Å²) in [7, 11) is 1.31. The maximum atomic E-state index is 13.6. The van der Waals surface area contributed by atoms with E-state index >= 15 is 0 Å². The third-order valence-electron chi connectivity index (χ3n) is 4.86. The Morgan fingerprint density at radius 1 is 1.10 bits per heavy atom. The van der Waals surface area contributed by atoms with Crippen LogP contribution in [-0.2, 0) is 17.3 Å². The maximum Gasteiger partial charge on any atom is 0.416 e. The highest BCUT2D eigenvalue weighted by atomic mass is 19.4. The van der Waals surface area contributed by atoms with Crippen LogP contribution in [0.4, 0.5) is 29.1 Å². The van der Waals surface area contributed by atoms with E-state index < -0.39 is 23.5 Å². The van der Waals surface area contributed by atoms with Gasteiger partial charge in [-0.3, -0.25) is 0 Å². The van der Waals surface area contributed by atoms with Gasteiger partial charge in [-0.05, 0) is 42.3 Å². The van der Waals surface area contributed by atoms with Crippen molar-refractivity contribution in [2.24, 2.45) is 0 Å². The number of ether oxygens (including phenoxy) is 2. The molecule has 9 heteroatoms. The van der Waals surface area contributed by atoms with Crippen molar-refractivity contribution in [1.82, 2.24) is 4.98 Å². The van der Waals surface area contributed by atoms with Crippen LogP contribution in [0.15, 0.2) is 54.7 Å². The lowest BCUT2D eigenvalue weighted by molar-refractivity contribution is -0.137. The lowest BCUT2D eigenvalue weighted by Gasteiger charge is -2.19. The highest BCUT2D eigenvalue weighted by Gasteiger charge is 2.32. The molecule has 2 aromatic carbocycles. The quantitative estimate of drug-likeness (QED) is 0.402. The molecule has 0 spiro atoms. The molecule has 0 radical (unpaired) electrons. The number of nitrogens with zero attached hydrogens (tertiary/aromatic N) is 2. The number of fused-ring (bicyclic) bond motifs is 1. The second-order valence-electron chi connectivity index (χ2n) is 6.82. The van der Waals surface area contributed by atoms with Crippen molar-refractivity contribution in [1.29, 1.82) is 0 Å². The molecular formula is C22H16F4N2O3. The van der Waals surface area contributed by atoms with Gasteiger partial charge in [0.15, 0.2) is 0 Å². The number of hydrogen-bond acceptors (Lipinski definition) is 5. The van der Waals surface area contributed by atoms with Gasteiger partial charge in [0.1, 0.15) is 23.1 Å². The van der Waals surface area contributed by atoms with E-state index in [2.05, 4.69) is 4.98 Å². The molecule has 0 saturated carbocycles. The van der Waals surface area contributed by atoms with Crippen molar-refractivity contribution in [2.45, 2.75) is 12.6 Å². The molecule has 1 aliphatic heterocycles. The zero-order chi connectivity index (χ0) is 22.2. The number of esters is 1. The number of methoxy groups -OCH3 is 1. The number of carbonyl (C=O) groups is 1. The number of benzene rings is 2. The minimum Gasteiger partial charge on any atom is -0.465 e. The van der Waals surface area contributed by atoms with Crippen LogP contribution in [0.25, 0.3) is 0 Å². The van der Waals surface area contributed by atoms with Gasteiger partial charge < -0.3 is 14.4 Å². The first-order valence-electron chi connectivity index (χ1n) is 9.25. The predicted octanol–water partition coefficient (Wildman–Crippen LogP) is 5.51. The fraction of sp³-hybridized carbons (Fsp3) is 0.182. The molecule has 0 amide bonds. The Hall–Kier alpha value is -3.62. The summed E-state index contributed by atoms with van der Waals surface area (Å²) in [6, 6.07) is 10.3. The van der Waals surface area contributed by atoms with Crippen molar-refractivity contribution in [3.8, 4) is 11.5 Å². The van der Waals surface area contributed by atoms with Gasteiger partial charge in [-0.2, -0.15) is 13.2 Å². The second-order valence-corrected chi connectivity index (χ2v) is 6.82. The van der Waals surface area contributed by atoms with Gasteiger partial charge in [-0.1, -0.05) is 6.07 Å². The second kappa shape index (κ2) is 7.90. The van der Waals surface area contributed by atoms with Crippen LogP contribution >= 0.6 is 0 Å². The standard InChI is InChI=1S/C22H16F4N2O3/c1-30-21(29)18-3-2-4-19-17(18)6-8-28(19)20-12-15(5-7-27-20)31-16-10-13(22(24,25)26)9-14(23)11-16/h2-5,7,9-12H,6,8H2,1H3. The molecule has 3 aromatic rings. The Kier molecular flexibility index (Phi) is 5.26. The lowest BCUT2D eigenvalue weighted by Crippen LogP contribution is -2.14. The van der Waals surface area contributed by atoms with Gasteiger partial charge in [0, 0.05) is 30.6 Å². The molecule has 0 N–H and O–H groups in total. The van der Waals surface area contributed by atoms with E-state index in [1.165, 1.54) is 25.4 Å². The van der Waals surface area contributed by atoms with Gasteiger partial charge in [-0.15, -0.1) is 0 Å². The van der Waals surface area contributed by atoms with Crippen molar-refractivity contribution in [3.05, 3.63) is 77.2 Å². The molecule has 5 nitrogen and oxygen atoms in total. The maximum absolute atomic E-state index is 13.6. The third-order valence-corrected chi connectivity index (χ3v) is 4.86. The Balaban J connectivity index is 1.63. The first-order chi connectivity index (χ1) is 14.8. The predicted molar refractivity (Wildman–Crippen MR) is 104 cm³/mol. The van der Waals surface area contributed by atoms with Gasteiger partial charge >= 0.3 is 12.1 Å². The number of alkyl halides is 3. The highest BCUT2D eigenvalue weighted by molar-refractivity contribution is 5.94. The molecule has 4 rings (SSSR count). The summed E-state index contributed by atoms with van der Waals surface area (Å²) in [4.78, 5) is 18.2. The molecule has 0 bridgehead atoms. The molecule has 1 aromatic heterocycles. The third kappa shape index (κ3) is 4.16. The van der Waals surface area contributed by atoms with Gasteiger partial charge in [0.2, 0.25) is 0 Å². The minimum atomic E-state index is -4.69. The summed E-state index contributed by atoms with van der Waals surface area (Å²) >= 11 is 0. The summed E-state index contributed by atoms with van der Waals surface area (Å²) in [5.74, 6) is -1.09. The van der Waals surface area contributed by atoms with Crippen LogP contribution in [0.5, 0.6) is 11.5 Å². The number of carbonyl (C=O) groups excluding carboxylic acids is 1. The summed E-state index contributed by atoms with van der Waals surface area (Å²) in [5.41, 5.74) is 0.926. The molecule has 31 heavy (non-hydrogen) atoms. The van der Waals surface area contributed by atoms with E-state index in [1.807, 2.05) is 11.0 Å². The molecule has 0 atom stereocenters. The van der Waals surface area contributed by atoms with Crippen LogP contribution < -0.4 is 9.64 Å². The molecule has 0 aliphatic carbocycles. The van der Waals surface area contributed by atoms with Crippen LogP contribution in [0.2, 0.25) is 0 Å². The monoisotopic (exact) mass is 432 g/mol. The summed E-state index contributed by atoms with van der Waals surface area (Å²) < 4.78 is 62.8. The van der Waals surface area contributed by atoms with E-state index in [0.29, 0.717) is 30.4 Å². The van der Waals surface area contributed by atoms with E-state index in [1.54, 1.807) is 12.1 Å². The zero-order valence-corrected chi connectivity index (χ0v) is 16.2. The molecule has 0 unspecified atom stereocenters. The molecule has 1 aliphatic rings. The topological polar surface area (TPSA) is 51.7 Å². The smallest absolute Gasteiger partial charge is 0.416 e. The van der Waals surface area contributed by atoms with Crippen LogP contribution in [0.3, 0.4) is 0 Å². The Morgan fingerprint density at radius 3 is 2.65 bits per heavy atom. The lowest BCUT2D eigenvalue weighted by atomic mass is 10.1. The van der Waals surface area contributed by atoms with Gasteiger partial charge in [0.05, 0.1) is 18.2 Å². The molecule has 0 fully saturated rings. The van der Waals surface area contributed by atoms with Crippen LogP contribution in [0.1, 0.15) is 21.5 Å². The minimum absolute atomic E-state index is 0.196. The van der Waals surface area contributed by atoms with Crippen molar-refractivity contribution in [3.63, 3.8) is 0 Å². The first-order valence-corrected chi connectivity index (χ1v) is 9.25. The fourth-order valence-corrected chi connectivity index (χ4v) is 3.51. The Bertz CT molecular complexity index is 1150. The summed E-state index contributed by atoms with van der Waals surface area (Å²) in [5, 5.41) is 0. The number of anilines is 2. The summed E-state index contributed by atoms with van der Waals surface area (Å²) in [6.45, 7) is 0.540. The average Bonchev–Trinajstić information content (AvgIpc) is 3.16. The van der Waals surface area contributed by atoms with Crippen molar-refractivity contribution < 1.29 is 31.8 Å². The number of rotatable bonds is 4. The first kappa shape index (κ1) is 20.6. The van der Waals surface area contributed by atoms with Crippen LogP contribution in [-0.4, -0.2) is 24.6 Å². The number of aromatic nitrogens is 1. The van der Waals surface area contributed by atoms with Gasteiger partial charge in [-0.25, -0.2) is 14.2 Å². The van der Waals surface area contributed by atoms with E-state index in [0.717, 1.165) is 23.4 Å². The molecule has 2 heterocycles. The van der Waals surface area contributed by atoms with E-state index in [-0.39, 0.29) is 11.5 Å². The Morgan fingerprint density at radius 2 is 1.90 bits per heavy atom. The molecule has 0 saturated heterocycles. The van der Waals surface area contributed by atoms with E-state index in [9.17, 15) is 22.4 Å². The van der Waals surface area contributed by atoms with Crippen molar-refractivity contribution >= 4 is 17.5 Å². The largest absolute Gasteiger partial charge is 0.465 e. The normalized spacial score (nSPS) is 13.1.